The molecule has 134 valence electrons. The molecule has 1 saturated carbocycles. The van der Waals surface area contributed by atoms with Crippen molar-refractivity contribution in [2.24, 2.45) is 5.92 Å². The smallest absolute Gasteiger partial charge is 0.387 e. The maximum absolute atomic E-state index is 12.4. The molecule has 0 amide bonds. The summed E-state index contributed by atoms with van der Waals surface area (Å²) >= 11 is 0. The second-order valence-corrected chi connectivity index (χ2v) is 5.86. The van der Waals surface area contributed by atoms with Crippen LogP contribution in [0.15, 0.2) is 18.2 Å². The fourth-order valence-electron chi connectivity index (χ4n) is 2.93. The fraction of sp³-hybridized carbons (Fsp3) is 0.588. The average Bonchev–Trinajstić information content (AvgIpc) is 2.55. The predicted molar refractivity (Wildman–Crippen MR) is 84.5 cm³/mol. The zero-order chi connectivity index (χ0) is 17.5. The van der Waals surface area contributed by atoms with Gasteiger partial charge >= 0.3 is 12.6 Å². The fourth-order valence-corrected chi connectivity index (χ4v) is 2.93. The molecule has 1 fully saturated rings. The van der Waals surface area contributed by atoms with Crippen molar-refractivity contribution in [3.05, 3.63) is 23.8 Å². The maximum Gasteiger partial charge on any atom is 0.387 e. The summed E-state index contributed by atoms with van der Waals surface area (Å²) in [4.78, 5) is 10.9. The summed E-state index contributed by atoms with van der Waals surface area (Å²) in [5.74, 6) is -0.632. The molecule has 1 aliphatic carbocycles. The van der Waals surface area contributed by atoms with Gasteiger partial charge < -0.3 is 19.9 Å². The van der Waals surface area contributed by atoms with Crippen LogP contribution in [0.5, 0.6) is 11.5 Å². The molecule has 24 heavy (non-hydrogen) atoms. The highest BCUT2D eigenvalue weighted by Crippen LogP contribution is 2.30. The van der Waals surface area contributed by atoms with Crippen molar-refractivity contribution >= 4 is 5.97 Å². The topological polar surface area (TPSA) is 67.8 Å². The molecule has 1 aromatic rings. The van der Waals surface area contributed by atoms with E-state index in [4.69, 9.17) is 9.84 Å². The third kappa shape index (κ3) is 5.33. The Morgan fingerprint density at radius 2 is 2.00 bits per heavy atom. The summed E-state index contributed by atoms with van der Waals surface area (Å²) in [6, 6.07) is 5.16. The lowest BCUT2D eigenvalue weighted by Gasteiger charge is -2.27. The van der Waals surface area contributed by atoms with Gasteiger partial charge in [0, 0.05) is 12.6 Å². The molecular formula is C17H23F2NO4. The largest absolute Gasteiger partial charge is 0.490 e. The van der Waals surface area contributed by atoms with E-state index in [-0.39, 0.29) is 17.7 Å². The number of aliphatic carboxylic acids is 1. The molecule has 0 aliphatic heterocycles. The van der Waals surface area contributed by atoms with Gasteiger partial charge in [0.1, 0.15) is 0 Å². The number of carboxylic acids is 1. The van der Waals surface area contributed by atoms with Crippen molar-refractivity contribution in [2.75, 3.05) is 6.61 Å². The molecule has 1 aliphatic rings. The van der Waals surface area contributed by atoms with Crippen LogP contribution < -0.4 is 14.8 Å². The molecule has 2 rings (SSSR count). The zero-order valence-corrected chi connectivity index (χ0v) is 13.6. The van der Waals surface area contributed by atoms with Crippen molar-refractivity contribution in [3.8, 4) is 11.5 Å². The highest BCUT2D eigenvalue weighted by atomic mass is 19.3. The van der Waals surface area contributed by atoms with Crippen molar-refractivity contribution < 1.29 is 28.2 Å². The number of alkyl halides is 2. The lowest BCUT2D eigenvalue weighted by atomic mass is 9.86. The second kappa shape index (κ2) is 8.82. The van der Waals surface area contributed by atoms with Crippen LogP contribution in [0, 0.1) is 5.92 Å². The molecule has 0 heterocycles. The first-order chi connectivity index (χ1) is 11.5. The highest BCUT2D eigenvalue weighted by molar-refractivity contribution is 5.70. The lowest BCUT2D eigenvalue weighted by Crippen LogP contribution is -2.34. The minimum absolute atomic E-state index is 0.0255. The third-order valence-corrected chi connectivity index (χ3v) is 4.20. The number of rotatable bonds is 8. The number of nitrogens with one attached hydrogen (secondary N) is 1. The van der Waals surface area contributed by atoms with Crippen molar-refractivity contribution in [1.82, 2.24) is 5.32 Å². The van der Waals surface area contributed by atoms with E-state index in [1.54, 1.807) is 19.1 Å². The van der Waals surface area contributed by atoms with Gasteiger partial charge in [0.2, 0.25) is 0 Å². The molecule has 5 nitrogen and oxygen atoms in total. The summed E-state index contributed by atoms with van der Waals surface area (Å²) in [6.45, 7) is -0.192. The van der Waals surface area contributed by atoms with Crippen molar-refractivity contribution in [1.29, 1.82) is 0 Å². The second-order valence-electron chi connectivity index (χ2n) is 5.86. The average molecular weight is 343 g/mol. The van der Waals surface area contributed by atoms with Crippen LogP contribution in [-0.4, -0.2) is 30.3 Å². The summed E-state index contributed by atoms with van der Waals surface area (Å²) in [5, 5.41) is 12.4. The van der Waals surface area contributed by atoms with E-state index in [1.165, 1.54) is 6.07 Å². The number of ether oxygens (including phenoxy) is 2. The molecule has 0 atom stereocenters. The first-order valence-corrected chi connectivity index (χ1v) is 8.16. The van der Waals surface area contributed by atoms with E-state index in [9.17, 15) is 13.6 Å². The van der Waals surface area contributed by atoms with Gasteiger partial charge in [0.15, 0.2) is 11.5 Å². The number of carbonyl (C=O) groups is 1. The number of hydrogen-bond acceptors (Lipinski definition) is 4. The van der Waals surface area contributed by atoms with Crippen molar-refractivity contribution in [2.45, 2.75) is 51.8 Å². The normalized spacial score (nSPS) is 20.8. The minimum Gasteiger partial charge on any atom is -0.490 e. The van der Waals surface area contributed by atoms with Gasteiger partial charge in [-0.3, -0.25) is 4.79 Å². The summed E-state index contributed by atoms with van der Waals surface area (Å²) < 4.78 is 34.6. The minimum atomic E-state index is -2.89. The van der Waals surface area contributed by atoms with Crippen LogP contribution in [0.25, 0.3) is 0 Å². The predicted octanol–water partition coefficient (Wildman–Crippen LogP) is 3.42. The number of benzene rings is 1. The van der Waals surface area contributed by atoms with Gasteiger partial charge in [0.25, 0.3) is 0 Å². The van der Waals surface area contributed by atoms with E-state index in [1.807, 2.05) is 0 Å². The van der Waals surface area contributed by atoms with Gasteiger partial charge in [-0.25, -0.2) is 0 Å². The Kier molecular flexibility index (Phi) is 6.78. The molecule has 0 aromatic heterocycles. The van der Waals surface area contributed by atoms with E-state index in [0.717, 1.165) is 18.4 Å². The zero-order valence-electron chi connectivity index (χ0n) is 13.6. The lowest BCUT2D eigenvalue weighted by molar-refractivity contribution is -0.142. The van der Waals surface area contributed by atoms with Crippen LogP contribution in [0.4, 0.5) is 8.78 Å². The Morgan fingerprint density at radius 1 is 1.29 bits per heavy atom. The number of halogens is 2. The molecule has 7 heteroatoms. The molecule has 0 bridgehead atoms. The Morgan fingerprint density at radius 3 is 2.58 bits per heavy atom. The molecule has 0 unspecified atom stereocenters. The summed E-state index contributed by atoms with van der Waals surface area (Å²) in [5.41, 5.74) is 0.903. The maximum atomic E-state index is 12.4. The number of carboxylic acid groups (broad SMARTS) is 1. The van der Waals surface area contributed by atoms with Gasteiger partial charge in [-0.1, -0.05) is 6.07 Å². The highest BCUT2D eigenvalue weighted by Gasteiger charge is 2.25. The first-order valence-electron chi connectivity index (χ1n) is 8.16. The van der Waals surface area contributed by atoms with Gasteiger partial charge in [-0.15, -0.1) is 0 Å². The summed E-state index contributed by atoms with van der Waals surface area (Å²) in [7, 11) is 0. The van der Waals surface area contributed by atoms with Gasteiger partial charge in [-0.05, 0) is 50.3 Å². The van der Waals surface area contributed by atoms with E-state index in [2.05, 4.69) is 10.1 Å². The standard InChI is InChI=1S/C17H23F2NO4/c1-2-23-15-9-11(3-8-14(15)24-17(18)19)10-20-13-6-4-12(5-7-13)16(21)22/h3,8-9,12-13,17,20H,2,4-7,10H2,1H3,(H,21,22). The van der Waals surface area contributed by atoms with E-state index in [0.29, 0.717) is 31.7 Å². The monoisotopic (exact) mass is 343 g/mol. The van der Waals surface area contributed by atoms with Gasteiger partial charge in [0.05, 0.1) is 12.5 Å². The molecule has 0 spiro atoms. The Hall–Kier alpha value is -1.89. The first kappa shape index (κ1) is 18.4. The SMILES string of the molecule is CCOc1cc(CNC2CCC(C(=O)O)CC2)ccc1OC(F)F. The van der Waals surface area contributed by atoms with Gasteiger partial charge in [-0.2, -0.15) is 8.78 Å². The van der Waals surface area contributed by atoms with E-state index < -0.39 is 12.6 Å². The van der Waals surface area contributed by atoms with Crippen LogP contribution in [0.2, 0.25) is 0 Å². The molecule has 0 saturated heterocycles. The Bertz CT molecular complexity index is 545. The molecule has 1 aromatic carbocycles. The van der Waals surface area contributed by atoms with Crippen LogP contribution >= 0.6 is 0 Å². The molecular weight excluding hydrogens is 320 g/mol. The quantitative estimate of drug-likeness (QED) is 0.757. The van der Waals surface area contributed by atoms with Crippen molar-refractivity contribution in [3.63, 3.8) is 0 Å². The van der Waals surface area contributed by atoms with Crippen LogP contribution in [0.1, 0.15) is 38.2 Å². The summed E-state index contributed by atoms with van der Waals surface area (Å²) in [6.07, 6.45) is 3.00. The van der Waals surface area contributed by atoms with Crippen LogP contribution in [0.3, 0.4) is 0 Å². The molecule has 0 radical (unpaired) electrons. The van der Waals surface area contributed by atoms with Crippen LogP contribution in [-0.2, 0) is 11.3 Å². The number of hydrogen-bond donors (Lipinski definition) is 2. The molecule has 2 N–H and O–H groups in total. The third-order valence-electron chi connectivity index (χ3n) is 4.20. The van der Waals surface area contributed by atoms with E-state index >= 15 is 0 Å². The Labute approximate surface area is 140 Å². The Balaban J connectivity index is 1.90.